The molecule has 0 radical (unpaired) electrons. The first-order valence-electron chi connectivity index (χ1n) is 26.3. The smallest absolute Gasteiger partial charge is 0.462 e. The summed E-state index contributed by atoms with van der Waals surface area (Å²) in [5.74, 6) is -1.85. The van der Waals surface area contributed by atoms with E-state index in [4.69, 9.17) is 33.5 Å². The molecule has 0 saturated heterocycles. The van der Waals surface area contributed by atoms with E-state index in [0.29, 0.717) is 12.8 Å². The van der Waals surface area contributed by atoms with Crippen LogP contribution in [0.2, 0.25) is 0 Å². The average molecular weight is 976 g/mol. The Morgan fingerprint density at radius 1 is 0.537 bits per heavy atom. The fourth-order valence-corrected chi connectivity index (χ4v) is 8.06. The van der Waals surface area contributed by atoms with Gasteiger partial charge in [0.05, 0.1) is 26.4 Å². The number of ether oxygens (including phenoxy) is 4. The van der Waals surface area contributed by atoms with Gasteiger partial charge in [0.2, 0.25) is 11.8 Å². The highest BCUT2D eigenvalue weighted by molar-refractivity contribution is 7.47. The van der Waals surface area contributed by atoms with E-state index in [1.165, 1.54) is 141 Å². The van der Waals surface area contributed by atoms with Crippen LogP contribution in [0.15, 0.2) is 5.11 Å². The lowest BCUT2D eigenvalue weighted by atomic mass is 10.0. The summed E-state index contributed by atoms with van der Waals surface area (Å²) < 4.78 is 44.0. The van der Waals surface area contributed by atoms with Crippen molar-refractivity contribution in [2.24, 2.45) is 5.11 Å². The van der Waals surface area contributed by atoms with Gasteiger partial charge in [-0.1, -0.05) is 199 Å². The Morgan fingerprint density at radius 3 is 1.36 bits per heavy atom. The highest BCUT2D eigenvalue weighted by Gasteiger charge is 2.26. The van der Waals surface area contributed by atoms with E-state index in [2.05, 4.69) is 34.5 Å². The van der Waals surface area contributed by atoms with Gasteiger partial charge in [0, 0.05) is 37.4 Å². The molecule has 0 heterocycles. The van der Waals surface area contributed by atoms with E-state index >= 15 is 0 Å². The summed E-state index contributed by atoms with van der Waals surface area (Å²) in [6, 6.07) is 0. The minimum absolute atomic E-state index is 0.0497. The zero-order chi connectivity index (χ0) is 49.2. The summed E-state index contributed by atoms with van der Waals surface area (Å²) in [4.78, 5) is 62.0. The number of carbonyl (C=O) groups is 4. The molecule has 3 N–H and O–H groups in total. The summed E-state index contributed by atoms with van der Waals surface area (Å²) >= 11 is 0. The summed E-state index contributed by atoms with van der Waals surface area (Å²) in [6.07, 6.45) is 35.7. The number of carbonyl (C=O) groups excluding carboxylic acids is 4. The van der Waals surface area contributed by atoms with Gasteiger partial charge in [-0.05, 0) is 18.4 Å². The van der Waals surface area contributed by atoms with Crippen molar-refractivity contribution in [1.82, 2.24) is 10.6 Å². The summed E-state index contributed by atoms with van der Waals surface area (Å²) in [5.41, 5.74) is 8.22. The zero-order valence-electron chi connectivity index (χ0n) is 42.0. The van der Waals surface area contributed by atoms with E-state index < -0.39 is 44.3 Å². The van der Waals surface area contributed by atoms with Crippen molar-refractivity contribution in [3.05, 3.63) is 10.4 Å². The van der Waals surface area contributed by atoms with Crippen LogP contribution in [0.5, 0.6) is 0 Å². The third-order valence-electron chi connectivity index (χ3n) is 11.2. The summed E-state index contributed by atoms with van der Waals surface area (Å²) in [6.45, 7) is 3.01. The first kappa shape index (κ1) is 64.2. The fourth-order valence-electron chi connectivity index (χ4n) is 7.31. The molecule has 2 atom stereocenters. The molecule has 0 rings (SSSR count). The maximum atomic E-state index is 12.8. The van der Waals surface area contributed by atoms with Crippen molar-refractivity contribution in [2.75, 3.05) is 65.9 Å². The van der Waals surface area contributed by atoms with Gasteiger partial charge < -0.3 is 34.5 Å². The fraction of sp³-hybridized carbons (Fsp3) is 0.918. The molecule has 2 unspecified atom stereocenters. The Kier molecular flexibility index (Phi) is 47.6. The number of hydrogen-bond donors (Lipinski definition) is 3. The van der Waals surface area contributed by atoms with Crippen molar-refractivity contribution in [2.45, 2.75) is 225 Å². The molecule has 0 aliphatic heterocycles. The number of amides is 2. The lowest BCUT2D eigenvalue weighted by Gasteiger charge is -2.20. The predicted molar refractivity (Wildman–Crippen MR) is 263 cm³/mol. The minimum atomic E-state index is -4.64. The molecule has 392 valence electrons. The Hall–Kier alpha value is -2.78. The van der Waals surface area contributed by atoms with Crippen molar-refractivity contribution >= 4 is 31.6 Å². The average Bonchev–Trinajstić information content (AvgIpc) is 3.31. The number of phosphoric ester groups is 1. The van der Waals surface area contributed by atoms with Crippen molar-refractivity contribution < 1.29 is 56.6 Å². The second-order valence-electron chi connectivity index (χ2n) is 17.6. The topological polar surface area (TPSA) is 234 Å². The molecule has 2 amide bonds. The number of unbranched alkanes of at least 4 members (excludes halogenated alkanes) is 28. The van der Waals surface area contributed by atoms with Gasteiger partial charge in [-0.3, -0.25) is 28.2 Å². The molecule has 0 fully saturated rings. The van der Waals surface area contributed by atoms with Crippen molar-refractivity contribution in [1.29, 1.82) is 0 Å². The van der Waals surface area contributed by atoms with Crippen molar-refractivity contribution in [3.63, 3.8) is 0 Å². The highest BCUT2D eigenvalue weighted by atomic mass is 31.2. The zero-order valence-corrected chi connectivity index (χ0v) is 42.9. The Labute approximate surface area is 404 Å². The quantitative estimate of drug-likeness (QED) is 0.0129. The van der Waals surface area contributed by atoms with Crippen LogP contribution in [-0.2, 0) is 51.7 Å². The largest absolute Gasteiger partial charge is 0.472 e. The van der Waals surface area contributed by atoms with Crippen LogP contribution in [0.25, 0.3) is 10.4 Å². The number of nitrogens with zero attached hydrogens (tertiary/aromatic N) is 3. The summed E-state index contributed by atoms with van der Waals surface area (Å²) in [5, 5.41) is 8.32. The first-order valence-corrected chi connectivity index (χ1v) is 27.8. The molecule has 0 aliphatic rings. The highest BCUT2D eigenvalue weighted by Crippen LogP contribution is 2.43. The van der Waals surface area contributed by atoms with E-state index in [-0.39, 0.29) is 72.1 Å². The Bertz CT molecular complexity index is 1290. The molecule has 0 bridgehead atoms. The number of hydrogen-bond acceptors (Lipinski definition) is 12. The molecular weight excluding hydrogens is 882 g/mol. The molecule has 17 nitrogen and oxygen atoms in total. The molecule has 0 spiro atoms. The molecule has 0 aromatic carbocycles. The lowest BCUT2D eigenvalue weighted by Crippen LogP contribution is -2.33. The second kappa shape index (κ2) is 49.6. The predicted octanol–water partition coefficient (Wildman–Crippen LogP) is 11.7. The van der Waals surface area contributed by atoms with Gasteiger partial charge in [-0.2, -0.15) is 0 Å². The van der Waals surface area contributed by atoms with Crippen LogP contribution >= 0.6 is 7.82 Å². The van der Waals surface area contributed by atoms with Gasteiger partial charge in [-0.15, -0.1) is 0 Å². The van der Waals surface area contributed by atoms with Gasteiger partial charge in [0.25, 0.3) is 0 Å². The maximum Gasteiger partial charge on any atom is 0.472 e. The number of phosphoric acid groups is 1. The van der Waals surface area contributed by atoms with E-state index in [1.54, 1.807) is 0 Å². The Morgan fingerprint density at radius 2 is 0.925 bits per heavy atom. The van der Waals surface area contributed by atoms with Crippen LogP contribution in [0.3, 0.4) is 0 Å². The third kappa shape index (κ3) is 49.5. The molecule has 0 aliphatic carbocycles. The van der Waals surface area contributed by atoms with Gasteiger partial charge in [0.1, 0.15) is 19.8 Å². The van der Waals surface area contributed by atoms with E-state index in [9.17, 15) is 28.6 Å². The number of nitrogens with one attached hydrogen (secondary N) is 2. The van der Waals surface area contributed by atoms with Crippen LogP contribution < -0.4 is 10.6 Å². The van der Waals surface area contributed by atoms with Gasteiger partial charge in [0.15, 0.2) is 6.10 Å². The Balaban J connectivity index is 4.54. The van der Waals surface area contributed by atoms with Crippen LogP contribution in [0, 0.1) is 0 Å². The van der Waals surface area contributed by atoms with Crippen LogP contribution in [0.4, 0.5) is 0 Å². The number of esters is 2. The summed E-state index contributed by atoms with van der Waals surface area (Å²) in [7, 11) is -4.64. The van der Waals surface area contributed by atoms with E-state index in [0.717, 1.165) is 38.5 Å². The normalized spacial score (nSPS) is 12.5. The van der Waals surface area contributed by atoms with Crippen LogP contribution in [0.1, 0.15) is 219 Å². The van der Waals surface area contributed by atoms with Crippen molar-refractivity contribution in [3.8, 4) is 0 Å². The molecule has 18 heteroatoms. The standard InChI is InChI=1S/C49H94N5O12P/c1-3-5-7-9-11-13-15-17-19-21-23-25-27-29-31-33-48(57)63-41-45(66-49(58)34-32-30-28-26-24-22-20-18-16-14-12-10-8-6-4-2)42-65-67(59,60)64-40-36-52-47(56)43-61-38-35-51-46(55)44-62-39-37-53-54-50/h45H,3-44H2,1-2H3,(H,51,55)(H,52,56)(H,59,60). The number of azide groups is 1. The van der Waals surface area contributed by atoms with Gasteiger partial charge in [-0.25, -0.2) is 4.57 Å². The van der Waals surface area contributed by atoms with Gasteiger partial charge >= 0.3 is 19.8 Å². The molecule has 67 heavy (non-hydrogen) atoms. The molecule has 0 saturated carbocycles. The third-order valence-corrected chi connectivity index (χ3v) is 12.2. The van der Waals surface area contributed by atoms with E-state index in [1.807, 2.05) is 0 Å². The van der Waals surface area contributed by atoms with Crippen LogP contribution in [-0.4, -0.2) is 101 Å². The second-order valence-corrected chi connectivity index (χ2v) is 19.0. The maximum absolute atomic E-state index is 12.8. The number of rotatable bonds is 52. The monoisotopic (exact) mass is 976 g/mol. The SMILES string of the molecule is CCCCCCCCCCCCCCCCCC(=O)OCC(COP(=O)(O)OCCNC(=O)COCCNC(=O)COCCN=[N+]=[N-])OC(=O)CCCCCCCCCCCCCCCCC. The minimum Gasteiger partial charge on any atom is -0.462 e. The molecule has 0 aromatic heterocycles. The molecule has 0 aromatic rings. The lowest BCUT2D eigenvalue weighted by molar-refractivity contribution is -0.161. The molecular formula is C49H94N5O12P. The first-order chi connectivity index (χ1) is 32.6.